The molecule has 3 heterocycles. The molecule has 3 rings (SSSR count). The number of amides is 1. The molecule has 0 aromatic carbocycles. The normalized spacial score (nSPS) is 19.3. The molecule has 1 saturated heterocycles. The average molecular weight is 292 g/mol. The number of aryl methyl sites for hydroxylation is 2. The lowest BCUT2D eigenvalue weighted by Crippen LogP contribution is -2.39. The Bertz CT molecular complexity index is 621. The molecule has 1 amide bonds. The molecule has 0 unspecified atom stereocenters. The van der Waals surface area contributed by atoms with Crippen molar-refractivity contribution in [2.24, 2.45) is 0 Å². The van der Waals surface area contributed by atoms with Crippen LogP contribution in [0.2, 0.25) is 0 Å². The summed E-state index contributed by atoms with van der Waals surface area (Å²) < 4.78 is 5.03. The number of nitrogens with zero attached hydrogens (tertiary/aromatic N) is 4. The van der Waals surface area contributed by atoms with Crippen LogP contribution in [0, 0.1) is 13.8 Å². The first-order valence-corrected chi connectivity index (χ1v) is 7.53. The van der Waals surface area contributed by atoms with E-state index in [1.807, 2.05) is 17.2 Å². The zero-order valence-electron chi connectivity index (χ0n) is 11.5. The summed E-state index contributed by atoms with van der Waals surface area (Å²) >= 11 is 1.50. The molecule has 7 heteroatoms. The minimum absolute atomic E-state index is 0.000679. The summed E-state index contributed by atoms with van der Waals surface area (Å²) in [5, 5.41) is 6.70. The van der Waals surface area contributed by atoms with Gasteiger partial charge in [-0.15, -0.1) is 11.3 Å². The molecular weight excluding hydrogens is 276 g/mol. The third kappa shape index (κ3) is 2.58. The summed E-state index contributed by atoms with van der Waals surface area (Å²) in [6, 6.07) is 0. The maximum atomic E-state index is 12.4. The molecule has 1 aliphatic rings. The van der Waals surface area contributed by atoms with Crippen molar-refractivity contribution in [1.29, 1.82) is 0 Å². The molecule has 6 nitrogen and oxygen atoms in total. The minimum Gasteiger partial charge on any atom is -0.340 e. The third-order valence-electron chi connectivity index (χ3n) is 3.46. The van der Waals surface area contributed by atoms with E-state index in [9.17, 15) is 4.79 Å². The smallest absolute Gasteiger partial charge is 0.273 e. The summed E-state index contributed by atoms with van der Waals surface area (Å²) in [6.45, 7) is 5.08. The summed E-state index contributed by atoms with van der Waals surface area (Å²) in [5.41, 5.74) is 0.539. The van der Waals surface area contributed by atoms with Crippen LogP contribution in [0.15, 0.2) is 9.90 Å². The number of carbonyl (C=O) groups excluding carboxylic acids is 1. The van der Waals surface area contributed by atoms with Crippen LogP contribution in [0.4, 0.5) is 0 Å². The van der Waals surface area contributed by atoms with Crippen molar-refractivity contribution in [3.63, 3.8) is 0 Å². The van der Waals surface area contributed by atoms with E-state index in [1.54, 1.807) is 6.92 Å². The highest BCUT2D eigenvalue weighted by atomic mass is 32.1. The van der Waals surface area contributed by atoms with E-state index in [0.717, 1.165) is 24.4 Å². The topological polar surface area (TPSA) is 72.1 Å². The van der Waals surface area contributed by atoms with Crippen LogP contribution in [0.1, 0.15) is 46.0 Å². The van der Waals surface area contributed by atoms with Crippen molar-refractivity contribution in [3.05, 3.63) is 27.8 Å². The number of piperidine rings is 1. The minimum atomic E-state index is -0.000679. The number of aromatic nitrogens is 3. The summed E-state index contributed by atoms with van der Waals surface area (Å²) in [7, 11) is 0. The molecule has 0 radical (unpaired) electrons. The second-order valence-corrected chi connectivity index (χ2v) is 6.08. The lowest BCUT2D eigenvalue weighted by molar-refractivity contribution is 0.0698. The highest BCUT2D eigenvalue weighted by Crippen LogP contribution is 2.26. The number of hydrogen-bond donors (Lipinski definition) is 0. The number of likely N-dealkylation sites (tertiary alicyclic amines) is 1. The van der Waals surface area contributed by atoms with Gasteiger partial charge in [0.25, 0.3) is 5.91 Å². The van der Waals surface area contributed by atoms with Gasteiger partial charge >= 0.3 is 0 Å². The molecule has 0 saturated carbocycles. The van der Waals surface area contributed by atoms with E-state index in [2.05, 4.69) is 15.1 Å². The van der Waals surface area contributed by atoms with Gasteiger partial charge < -0.3 is 9.42 Å². The summed E-state index contributed by atoms with van der Waals surface area (Å²) in [4.78, 5) is 22.8. The van der Waals surface area contributed by atoms with Gasteiger partial charge in [0.1, 0.15) is 5.69 Å². The Morgan fingerprint density at radius 2 is 2.30 bits per heavy atom. The van der Waals surface area contributed by atoms with E-state index in [-0.39, 0.29) is 11.8 Å². The number of rotatable bonds is 2. The predicted octanol–water partition coefficient (Wildman–Crippen LogP) is 2.16. The highest BCUT2D eigenvalue weighted by molar-refractivity contribution is 7.09. The largest absolute Gasteiger partial charge is 0.340 e. The summed E-state index contributed by atoms with van der Waals surface area (Å²) in [6.07, 6.45) is 1.94. The first-order chi connectivity index (χ1) is 9.63. The molecule has 0 aliphatic carbocycles. The summed E-state index contributed by atoms with van der Waals surface area (Å²) in [5.74, 6) is 1.43. The Balaban J connectivity index is 1.73. The van der Waals surface area contributed by atoms with Gasteiger partial charge in [-0.1, -0.05) is 5.16 Å². The predicted molar refractivity (Wildman–Crippen MR) is 73.8 cm³/mol. The van der Waals surface area contributed by atoms with E-state index < -0.39 is 0 Å². The first kappa shape index (κ1) is 13.2. The van der Waals surface area contributed by atoms with Crippen molar-refractivity contribution >= 4 is 17.2 Å². The lowest BCUT2D eigenvalue weighted by Gasteiger charge is -2.30. The molecule has 106 valence electrons. The van der Waals surface area contributed by atoms with Crippen molar-refractivity contribution in [3.8, 4) is 0 Å². The van der Waals surface area contributed by atoms with Gasteiger partial charge in [0, 0.05) is 31.3 Å². The Hall–Kier alpha value is -1.76. The highest BCUT2D eigenvalue weighted by Gasteiger charge is 2.29. The average Bonchev–Trinajstić information content (AvgIpc) is 3.07. The molecule has 2 aromatic rings. The molecule has 0 bridgehead atoms. The molecule has 1 atom stereocenters. The van der Waals surface area contributed by atoms with Crippen molar-refractivity contribution in [1.82, 2.24) is 20.0 Å². The molecular formula is C13H16N4O2S. The zero-order chi connectivity index (χ0) is 14.1. The van der Waals surface area contributed by atoms with Gasteiger partial charge in [-0.05, 0) is 19.8 Å². The second kappa shape index (κ2) is 5.32. The van der Waals surface area contributed by atoms with Gasteiger partial charge in [0.05, 0.1) is 5.01 Å². The van der Waals surface area contributed by atoms with Gasteiger partial charge in [0.2, 0.25) is 5.89 Å². The monoisotopic (exact) mass is 292 g/mol. The molecule has 20 heavy (non-hydrogen) atoms. The van der Waals surface area contributed by atoms with Crippen LogP contribution >= 0.6 is 11.3 Å². The maximum Gasteiger partial charge on any atom is 0.273 e. The Morgan fingerprint density at radius 3 is 2.95 bits per heavy atom. The van der Waals surface area contributed by atoms with Crippen LogP contribution in [-0.4, -0.2) is 39.0 Å². The van der Waals surface area contributed by atoms with E-state index in [0.29, 0.717) is 24.0 Å². The first-order valence-electron chi connectivity index (χ1n) is 6.65. The molecule has 1 fully saturated rings. The fourth-order valence-electron chi connectivity index (χ4n) is 2.48. The fraction of sp³-hybridized carbons (Fsp3) is 0.538. The Labute approximate surface area is 120 Å². The van der Waals surface area contributed by atoms with Crippen LogP contribution in [0.3, 0.4) is 0 Å². The van der Waals surface area contributed by atoms with Gasteiger partial charge in [-0.3, -0.25) is 4.79 Å². The van der Waals surface area contributed by atoms with Gasteiger partial charge in [-0.25, -0.2) is 4.98 Å². The maximum absolute atomic E-state index is 12.4. The standard InChI is InChI=1S/C13H16N4O2S/c1-8-14-12(16-19-8)10-4-3-5-17(6-10)13(18)11-7-20-9(2)15-11/h7,10H,3-6H2,1-2H3/t10-/m1/s1. The van der Waals surface area contributed by atoms with Crippen LogP contribution < -0.4 is 0 Å². The van der Waals surface area contributed by atoms with Gasteiger partial charge in [-0.2, -0.15) is 4.98 Å². The van der Waals surface area contributed by atoms with Crippen LogP contribution in [-0.2, 0) is 0 Å². The van der Waals surface area contributed by atoms with E-state index >= 15 is 0 Å². The van der Waals surface area contributed by atoms with E-state index in [1.165, 1.54) is 11.3 Å². The molecule has 0 N–H and O–H groups in total. The SMILES string of the molecule is Cc1nc([C@@H]2CCCN(C(=O)c3csc(C)n3)C2)no1. The van der Waals surface area contributed by atoms with Crippen molar-refractivity contribution in [2.75, 3.05) is 13.1 Å². The molecule has 2 aromatic heterocycles. The fourth-order valence-corrected chi connectivity index (χ4v) is 3.06. The third-order valence-corrected chi connectivity index (χ3v) is 4.23. The number of thiazole rings is 1. The van der Waals surface area contributed by atoms with Crippen LogP contribution in [0.25, 0.3) is 0 Å². The van der Waals surface area contributed by atoms with Crippen molar-refractivity contribution < 1.29 is 9.32 Å². The Morgan fingerprint density at radius 1 is 1.45 bits per heavy atom. The van der Waals surface area contributed by atoms with Crippen molar-refractivity contribution in [2.45, 2.75) is 32.6 Å². The van der Waals surface area contributed by atoms with Crippen LogP contribution in [0.5, 0.6) is 0 Å². The van der Waals surface area contributed by atoms with E-state index in [4.69, 9.17) is 4.52 Å². The number of hydrogen-bond acceptors (Lipinski definition) is 6. The second-order valence-electron chi connectivity index (χ2n) is 5.01. The van der Waals surface area contributed by atoms with Gasteiger partial charge in [0.15, 0.2) is 5.82 Å². The zero-order valence-corrected chi connectivity index (χ0v) is 12.3. The lowest BCUT2D eigenvalue weighted by atomic mass is 9.97. The quantitative estimate of drug-likeness (QED) is 0.848. The number of carbonyl (C=O) groups is 1. The Kier molecular flexibility index (Phi) is 3.52. The molecule has 1 aliphatic heterocycles. The molecule has 0 spiro atoms.